The summed E-state index contributed by atoms with van der Waals surface area (Å²) in [4.78, 5) is 17.8. The zero-order valence-corrected chi connectivity index (χ0v) is 19.0. The molecule has 0 bridgehead atoms. The Morgan fingerprint density at radius 1 is 1.00 bits per heavy atom. The van der Waals surface area contributed by atoms with Crippen LogP contribution in [0.3, 0.4) is 0 Å². The van der Waals surface area contributed by atoms with Crippen LogP contribution in [0, 0.1) is 0 Å². The molecule has 1 aromatic heterocycles. The van der Waals surface area contributed by atoms with Crippen LogP contribution >= 0.6 is 0 Å². The van der Waals surface area contributed by atoms with Crippen LogP contribution in [0.1, 0.15) is 18.5 Å². The van der Waals surface area contributed by atoms with E-state index in [0.29, 0.717) is 45.9 Å². The van der Waals surface area contributed by atoms with E-state index in [1.165, 1.54) is 13.4 Å². The van der Waals surface area contributed by atoms with E-state index < -0.39 is 6.04 Å². The van der Waals surface area contributed by atoms with Crippen molar-refractivity contribution in [2.75, 3.05) is 39.1 Å². The van der Waals surface area contributed by atoms with Gasteiger partial charge in [0.05, 0.1) is 34.0 Å². The number of carbonyl (C=O) groups excluding carboxylic acids is 1. The number of methoxy groups -OCH3 is 4. The highest BCUT2D eigenvalue weighted by Crippen LogP contribution is 2.43. The van der Waals surface area contributed by atoms with Crippen molar-refractivity contribution in [3.63, 3.8) is 0 Å². The Balaban J connectivity index is 1.80. The zero-order chi connectivity index (χ0) is 23.5. The Hall–Kier alpha value is -4.21. The first-order chi connectivity index (χ1) is 16.0. The van der Waals surface area contributed by atoms with E-state index >= 15 is 0 Å². The van der Waals surface area contributed by atoms with Gasteiger partial charge in [0.25, 0.3) is 5.91 Å². The summed E-state index contributed by atoms with van der Waals surface area (Å²) in [5.41, 5.74) is 2.48. The second kappa shape index (κ2) is 9.11. The second-order valence-corrected chi connectivity index (χ2v) is 7.24. The summed E-state index contributed by atoms with van der Waals surface area (Å²) in [6.07, 6.45) is 1.44. The van der Waals surface area contributed by atoms with Gasteiger partial charge in [0.1, 0.15) is 18.1 Å². The number of benzene rings is 2. The third-order valence-electron chi connectivity index (χ3n) is 5.39. The Labute approximate surface area is 191 Å². The van der Waals surface area contributed by atoms with Crippen molar-refractivity contribution in [2.24, 2.45) is 0 Å². The molecule has 0 radical (unpaired) electrons. The van der Waals surface area contributed by atoms with Crippen LogP contribution in [-0.4, -0.2) is 49.1 Å². The number of amides is 1. The summed E-state index contributed by atoms with van der Waals surface area (Å²) >= 11 is 0. The summed E-state index contributed by atoms with van der Waals surface area (Å²) < 4.78 is 23.3. The van der Waals surface area contributed by atoms with E-state index in [1.807, 2.05) is 6.92 Å². The van der Waals surface area contributed by atoms with Gasteiger partial charge in [-0.25, -0.2) is 4.68 Å². The van der Waals surface area contributed by atoms with Crippen LogP contribution in [0.2, 0.25) is 0 Å². The van der Waals surface area contributed by atoms with Gasteiger partial charge in [-0.2, -0.15) is 10.1 Å². The fourth-order valence-corrected chi connectivity index (χ4v) is 3.83. The average molecular weight is 451 g/mol. The van der Waals surface area contributed by atoms with Crippen molar-refractivity contribution in [1.29, 1.82) is 0 Å². The fraction of sp³-hybridized carbons (Fsp3) is 0.261. The lowest BCUT2D eigenvalue weighted by molar-refractivity contribution is -0.113. The van der Waals surface area contributed by atoms with Crippen LogP contribution in [0.25, 0.3) is 0 Å². The summed E-state index contributed by atoms with van der Waals surface area (Å²) in [7, 11) is 6.22. The van der Waals surface area contributed by atoms with Gasteiger partial charge in [0.2, 0.25) is 11.7 Å². The molecule has 2 N–H and O–H groups in total. The quantitative estimate of drug-likeness (QED) is 0.564. The molecule has 0 aliphatic carbocycles. The third-order valence-corrected chi connectivity index (χ3v) is 5.39. The molecule has 2 heterocycles. The van der Waals surface area contributed by atoms with Gasteiger partial charge in [-0.15, -0.1) is 0 Å². The molecule has 1 amide bonds. The van der Waals surface area contributed by atoms with Crippen LogP contribution in [0.15, 0.2) is 54.0 Å². The second-order valence-electron chi connectivity index (χ2n) is 7.24. The third kappa shape index (κ3) is 4.02. The highest BCUT2D eigenvalue weighted by Gasteiger charge is 2.34. The Kier molecular flexibility index (Phi) is 6.07. The minimum Gasteiger partial charge on any atom is -0.497 e. The number of nitrogens with zero attached hydrogens (tertiary/aromatic N) is 3. The molecule has 4 rings (SSSR count). The van der Waals surface area contributed by atoms with E-state index in [2.05, 4.69) is 20.7 Å². The smallest absolute Gasteiger partial charge is 0.255 e. The van der Waals surface area contributed by atoms with Gasteiger partial charge in [0.15, 0.2) is 11.5 Å². The lowest BCUT2D eigenvalue weighted by atomic mass is 9.94. The molecule has 1 aliphatic rings. The highest BCUT2D eigenvalue weighted by atomic mass is 16.5. The van der Waals surface area contributed by atoms with Gasteiger partial charge in [-0.1, -0.05) is 0 Å². The lowest BCUT2D eigenvalue weighted by Crippen LogP contribution is -2.31. The maximum atomic E-state index is 13.5. The molecule has 10 heteroatoms. The Bertz CT molecular complexity index is 1180. The zero-order valence-electron chi connectivity index (χ0n) is 19.0. The normalized spacial score (nSPS) is 14.8. The molecule has 33 heavy (non-hydrogen) atoms. The Morgan fingerprint density at radius 2 is 1.67 bits per heavy atom. The predicted octanol–water partition coefficient (Wildman–Crippen LogP) is 3.24. The van der Waals surface area contributed by atoms with E-state index in [0.717, 1.165) is 5.56 Å². The molecule has 10 nitrogen and oxygen atoms in total. The van der Waals surface area contributed by atoms with Crippen LogP contribution < -0.4 is 29.6 Å². The van der Waals surface area contributed by atoms with Crippen LogP contribution in [0.4, 0.5) is 11.6 Å². The fourth-order valence-electron chi connectivity index (χ4n) is 3.83. The topological polar surface area (TPSA) is 109 Å². The molecule has 0 spiro atoms. The molecular weight excluding hydrogens is 426 g/mol. The first-order valence-electron chi connectivity index (χ1n) is 10.1. The Morgan fingerprint density at radius 3 is 2.24 bits per heavy atom. The molecule has 0 saturated carbocycles. The van der Waals surface area contributed by atoms with E-state index in [1.54, 1.807) is 62.4 Å². The highest BCUT2D eigenvalue weighted by molar-refractivity contribution is 6.06. The summed E-state index contributed by atoms with van der Waals surface area (Å²) in [5.74, 6) is 2.34. The minimum atomic E-state index is -0.587. The van der Waals surface area contributed by atoms with Gasteiger partial charge in [-0.3, -0.25) is 4.79 Å². The number of ether oxygens (including phenoxy) is 4. The summed E-state index contributed by atoms with van der Waals surface area (Å²) in [5, 5.41) is 10.5. The maximum absolute atomic E-state index is 13.5. The number of hydrogen-bond acceptors (Lipinski definition) is 8. The summed E-state index contributed by atoms with van der Waals surface area (Å²) in [6, 6.07) is 10.1. The molecule has 2 aromatic carbocycles. The van der Waals surface area contributed by atoms with Gasteiger partial charge < -0.3 is 29.6 Å². The van der Waals surface area contributed by atoms with Gasteiger partial charge in [0, 0.05) is 11.4 Å². The number of nitrogens with one attached hydrogen (secondary N) is 2. The maximum Gasteiger partial charge on any atom is 0.255 e. The lowest BCUT2D eigenvalue weighted by Gasteiger charge is -2.29. The van der Waals surface area contributed by atoms with Crippen LogP contribution in [0.5, 0.6) is 23.0 Å². The van der Waals surface area contributed by atoms with Crippen molar-refractivity contribution >= 4 is 17.5 Å². The molecule has 0 fully saturated rings. The molecule has 0 unspecified atom stereocenters. The van der Waals surface area contributed by atoms with E-state index in [-0.39, 0.29) is 5.91 Å². The molecule has 1 aliphatic heterocycles. The molecule has 1 atom stereocenters. The predicted molar refractivity (Wildman–Crippen MR) is 122 cm³/mol. The molecular formula is C23H25N5O5. The van der Waals surface area contributed by atoms with Crippen molar-refractivity contribution in [2.45, 2.75) is 13.0 Å². The molecule has 3 aromatic rings. The monoisotopic (exact) mass is 451 g/mol. The number of carbonyl (C=O) groups is 1. The van der Waals surface area contributed by atoms with Gasteiger partial charge >= 0.3 is 0 Å². The number of allylic oxidation sites excluding steroid dienone is 1. The van der Waals surface area contributed by atoms with Gasteiger partial charge in [-0.05, 0) is 48.9 Å². The van der Waals surface area contributed by atoms with Crippen molar-refractivity contribution in [3.8, 4) is 23.0 Å². The standard InChI is InChI=1S/C23H25N5O5/c1-13-19(22(29)27-15-6-8-16(30-2)9-7-15)20(28-23(26-13)24-12-25-28)14-10-17(31-3)21(33-5)18(11-14)32-4/h6-12,20H,1-5H3,(H,27,29)(H,24,25,26)/t20-/m1/s1. The number of fused-ring (bicyclic) bond motifs is 1. The SMILES string of the molecule is COc1ccc(NC(=O)C2=C(C)Nc3ncnn3[C@@H]2c2cc(OC)c(OC)c(OC)c2)cc1. The van der Waals surface area contributed by atoms with Crippen LogP contribution in [-0.2, 0) is 4.79 Å². The van der Waals surface area contributed by atoms with Crippen molar-refractivity contribution < 1.29 is 23.7 Å². The van der Waals surface area contributed by atoms with Crippen molar-refractivity contribution in [3.05, 3.63) is 59.6 Å². The summed E-state index contributed by atoms with van der Waals surface area (Å²) in [6.45, 7) is 1.83. The average Bonchev–Trinajstić information content (AvgIpc) is 3.30. The largest absolute Gasteiger partial charge is 0.497 e. The first kappa shape index (κ1) is 22.0. The van der Waals surface area contributed by atoms with Crippen molar-refractivity contribution in [1.82, 2.24) is 14.8 Å². The van der Waals surface area contributed by atoms with E-state index in [9.17, 15) is 4.79 Å². The first-order valence-corrected chi connectivity index (χ1v) is 10.1. The van der Waals surface area contributed by atoms with E-state index in [4.69, 9.17) is 18.9 Å². The molecule has 0 saturated heterocycles. The molecule has 172 valence electrons. The number of hydrogen-bond donors (Lipinski definition) is 2. The number of anilines is 2. The number of aromatic nitrogens is 3. The minimum absolute atomic E-state index is 0.287. The number of rotatable bonds is 7.